The van der Waals surface area contributed by atoms with Crippen molar-refractivity contribution >= 4 is 11.9 Å². The number of hydrogen-bond acceptors (Lipinski definition) is 7. The van der Waals surface area contributed by atoms with Crippen molar-refractivity contribution in [2.75, 3.05) is 44.8 Å². The normalized spacial score (nSPS) is 16.3. The number of rotatable bonds is 5. The average Bonchev–Trinajstić information content (AvgIpc) is 3.19. The average molecular weight is 383 g/mol. The Labute approximate surface area is 164 Å². The van der Waals surface area contributed by atoms with E-state index in [1.54, 1.807) is 6.07 Å². The van der Waals surface area contributed by atoms with Crippen LogP contribution in [-0.4, -0.2) is 65.2 Å². The highest BCUT2D eigenvalue weighted by Crippen LogP contribution is 2.32. The lowest BCUT2D eigenvalue weighted by atomic mass is 10.2. The zero-order valence-corrected chi connectivity index (χ0v) is 16.3. The zero-order valence-electron chi connectivity index (χ0n) is 16.3. The number of benzene rings is 1. The number of amides is 1. The number of hydrogen-bond donors (Lipinski definition) is 1. The molecule has 0 saturated carbocycles. The molecule has 2 aliphatic rings. The van der Waals surface area contributed by atoms with Crippen LogP contribution in [0.5, 0.6) is 11.5 Å². The van der Waals surface area contributed by atoms with E-state index in [2.05, 4.69) is 27.1 Å². The summed E-state index contributed by atoms with van der Waals surface area (Å²) in [5, 5.41) is 3.21. The molecule has 0 spiro atoms. The maximum Gasteiger partial charge on any atom is 0.272 e. The van der Waals surface area contributed by atoms with Crippen LogP contribution >= 0.6 is 0 Å². The Morgan fingerprint density at radius 3 is 2.68 bits per heavy atom. The summed E-state index contributed by atoms with van der Waals surface area (Å²) in [7, 11) is 0. The van der Waals surface area contributed by atoms with Crippen LogP contribution in [0.4, 0.5) is 5.95 Å². The van der Waals surface area contributed by atoms with Gasteiger partial charge in [0.2, 0.25) is 12.7 Å². The molecule has 0 radical (unpaired) electrons. The van der Waals surface area contributed by atoms with Crippen molar-refractivity contribution < 1.29 is 14.3 Å². The number of fused-ring (bicyclic) bond motifs is 1. The number of nitrogens with one attached hydrogen (secondary N) is 1. The Balaban J connectivity index is 1.43. The number of likely N-dealkylation sites (N-methyl/N-ethyl adjacent to an activating group) is 1. The van der Waals surface area contributed by atoms with E-state index in [4.69, 9.17) is 9.47 Å². The van der Waals surface area contributed by atoms with Crippen molar-refractivity contribution in [3.05, 3.63) is 41.2 Å². The van der Waals surface area contributed by atoms with E-state index < -0.39 is 0 Å². The Morgan fingerprint density at radius 2 is 1.89 bits per heavy atom. The second kappa shape index (κ2) is 8.02. The molecule has 1 fully saturated rings. The van der Waals surface area contributed by atoms with Crippen molar-refractivity contribution in [3.8, 4) is 11.5 Å². The molecule has 148 valence electrons. The molecule has 28 heavy (non-hydrogen) atoms. The smallest absolute Gasteiger partial charge is 0.272 e. The van der Waals surface area contributed by atoms with Crippen LogP contribution in [0.1, 0.15) is 28.7 Å². The monoisotopic (exact) mass is 383 g/mol. The first kappa shape index (κ1) is 18.5. The molecule has 1 amide bonds. The minimum absolute atomic E-state index is 0.0348. The first-order valence-electron chi connectivity index (χ1n) is 9.62. The van der Waals surface area contributed by atoms with Gasteiger partial charge in [0.05, 0.1) is 0 Å². The number of nitrogens with zero attached hydrogens (tertiary/aromatic N) is 4. The molecule has 2 aromatic rings. The summed E-state index contributed by atoms with van der Waals surface area (Å²) >= 11 is 0. The Bertz CT molecular complexity index is 865. The fourth-order valence-electron chi connectivity index (χ4n) is 3.42. The summed E-state index contributed by atoms with van der Waals surface area (Å²) in [4.78, 5) is 25.9. The van der Waals surface area contributed by atoms with Gasteiger partial charge < -0.3 is 24.6 Å². The van der Waals surface area contributed by atoms with E-state index in [1.165, 1.54) is 0 Å². The Morgan fingerprint density at radius 1 is 1.11 bits per heavy atom. The van der Waals surface area contributed by atoms with Crippen LogP contribution in [-0.2, 0) is 6.54 Å². The van der Waals surface area contributed by atoms with Crippen molar-refractivity contribution in [1.82, 2.24) is 19.8 Å². The predicted molar refractivity (Wildman–Crippen MR) is 105 cm³/mol. The molecule has 1 saturated heterocycles. The summed E-state index contributed by atoms with van der Waals surface area (Å²) in [5.74, 6) is 1.92. The second-order valence-corrected chi connectivity index (χ2v) is 6.99. The van der Waals surface area contributed by atoms with Crippen LogP contribution in [0.25, 0.3) is 0 Å². The molecule has 4 rings (SSSR count). The van der Waals surface area contributed by atoms with E-state index >= 15 is 0 Å². The van der Waals surface area contributed by atoms with E-state index in [0.717, 1.165) is 55.5 Å². The number of piperazine rings is 1. The Kier molecular flexibility index (Phi) is 5.29. The van der Waals surface area contributed by atoms with E-state index in [9.17, 15) is 4.79 Å². The van der Waals surface area contributed by atoms with Crippen LogP contribution < -0.4 is 14.8 Å². The molecule has 1 aromatic carbocycles. The molecule has 2 aliphatic heterocycles. The molecular weight excluding hydrogens is 358 g/mol. The highest BCUT2D eigenvalue weighted by atomic mass is 16.7. The number of carbonyl (C=O) groups is 1. The van der Waals surface area contributed by atoms with Crippen molar-refractivity contribution in [1.29, 1.82) is 0 Å². The predicted octanol–water partition coefficient (Wildman–Crippen LogP) is 1.90. The molecule has 1 N–H and O–H groups in total. The maximum atomic E-state index is 12.9. The molecular formula is C20H25N5O3. The minimum Gasteiger partial charge on any atom is -0.454 e. The van der Waals surface area contributed by atoms with Crippen LogP contribution in [0.15, 0.2) is 24.3 Å². The van der Waals surface area contributed by atoms with E-state index in [1.807, 2.05) is 30.0 Å². The topological polar surface area (TPSA) is 79.8 Å². The van der Waals surface area contributed by atoms with E-state index in [0.29, 0.717) is 18.2 Å². The summed E-state index contributed by atoms with van der Waals surface area (Å²) in [5.41, 5.74) is 2.22. The van der Waals surface area contributed by atoms with Gasteiger partial charge in [-0.3, -0.25) is 4.79 Å². The first-order valence-corrected chi connectivity index (χ1v) is 9.62. The lowest BCUT2D eigenvalue weighted by molar-refractivity contribution is 0.0637. The van der Waals surface area contributed by atoms with Gasteiger partial charge in [0, 0.05) is 38.4 Å². The third kappa shape index (κ3) is 4.01. The third-order valence-corrected chi connectivity index (χ3v) is 5.07. The lowest BCUT2D eigenvalue weighted by Gasteiger charge is -2.33. The molecule has 0 atom stereocenters. The first-order chi connectivity index (χ1) is 13.6. The quantitative estimate of drug-likeness (QED) is 0.845. The second-order valence-electron chi connectivity index (χ2n) is 6.99. The van der Waals surface area contributed by atoms with Gasteiger partial charge in [-0.1, -0.05) is 13.0 Å². The highest BCUT2D eigenvalue weighted by molar-refractivity contribution is 5.92. The van der Waals surface area contributed by atoms with Gasteiger partial charge in [0.25, 0.3) is 5.91 Å². The van der Waals surface area contributed by atoms with Crippen LogP contribution in [0, 0.1) is 6.92 Å². The van der Waals surface area contributed by atoms with Crippen molar-refractivity contribution in [2.24, 2.45) is 0 Å². The molecule has 0 bridgehead atoms. The number of aryl methyl sites for hydroxylation is 1. The van der Waals surface area contributed by atoms with E-state index in [-0.39, 0.29) is 12.7 Å². The molecule has 3 heterocycles. The fraction of sp³-hybridized carbons (Fsp3) is 0.450. The maximum absolute atomic E-state index is 12.9. The Hall–Kier alpha value is -2.87. The van der Waals surface area contributed by atoms with Gasteiger partial charge in [-0.05, 0) is 37.2 Å². The number of carbonyl (C=O) groups excluding carboxylic acids is 1. The minimum atomic E-state index is -0.0348. The van der Waals surface area contributed by atoms with Gasteiger partial charge >= 0.3 is 0 Å². The molecule has 0 aliphatic carbocycles. The number of aromatic nitrogens is 2. The SMILES string of the molecule is CCN1CCN(C(=O)c2cc(C)nc(NCc3ccc4c(c3)OCO4)n2)CC1. The third-order valence-electron chi connectivity index (χ3n) is 5.07. The van der Waals surface area contributed by atoms with Crippen LogP contribution in [0.2, 0.25) is 0 Å². The van der Waals surface area contributed by atoms with Gasteiger partial charge in [-0.2, -0.15) is 0 Å². The molecule has 1 aromatic heterocycles. The summed E-state index contributed by atoms with van der Waals surface area (Å²) in [6.45, 7) is 9.09. The van der Waals surface area contributed by atoms with Gasteiger partial charge in [-0.25, -0.2) is 9.97 Å². The standard InChI is InChI=1S/C20H25N5O3/c1-3-24-6-8-25(9-7-24)19(26)16-10-14(2)22-20(23-16)21-12-15-4-5-17-18(11-15)28-13-27-17/h4-5,10-11H,3,6-9,12-13H2,1-2H3,(H,21,22,23). The molecule has 8 nitrogen and oxygen atoms in total. The molecule has 0 unspecified atom stereocenters. The number of ether oxygens (including phenoxy) is 2. The van der Waals surface area contributed by atoms with Crippen molar-refractivity contribution in [2.45, 2.75) is 20.4 Å². The lowest BCUT2D eigenvalue weighted by Crippen LogP contribution is -2.48. The number of anilines is 1. The zero-order chi connectivity index (χ0) is 19.5. The van der Waals surface area contributed by atoms with Crippen molar-refractivity contribution in [3.63, 3.8) is 0 Å². The summed E-state index contributed by atoms with van der Waals surface area (Å²) in [6, 6.07) is 7.54. The van der Waals surface area contributed by atoms with Gasteiger partial charge in [0.1, 0.15) is 5.69 Å². The van der Waals surface area contributed by atoms with Gasteiger partial charge in [-0.15, -0.1) is 0 Å². The summed E-state index contributed by atoms with van der Waals surface area (Å²) < 4.78 is 10.7. The molecule has 8 heteroatoms. The highest BCUT2D eigenvalue weighted by Gasteiger charge is 2.23. The van der Waals surface area contributed by atoms with Gasteiger partial charge in [0.15, 0.2) is 11.5 Å². The fourth-order valence-corrected chi connectivity index (χ4v) is 3.42. The van der Waals surface area contributed by atoms with Crippen LogP contribution in [0.3, 0.4) is 0 Å². The summed E-state index contributed by atoms with van der Waals surface area (Å²) in [6.07, 6.45) is 0. The largest absolute Gasteiger partial charge is 0.454 e.